The number of benzene rings is 1. The maximum absolute atomic E-state index is 12.3. The number of unbranched alkanes of at least 4 members (excludes halogenated alkanes) is 1. The van der Waals surface area contributed by atoms with E-state index in [1.54, 1.807) is 24.3 Å². The molecule has 1 unspecified atom stereocenters. The lowest BCUT2D eigenvalue weighted by Gasteiger charge is -2.25. The summed E-state index contributed by atoms with van der Waals surface area (Å²) in [6.45, 7) is 0.249. The van der Waals surface area contributed by atoms with E-state index in [2.05, 4.69) is 16.7 Å². The van der Waals surface area contributed by atoms with E-state index in [4.69, 9.17) is 14.6 Å². The smallest absolute Gasteiger partial charge is 0.303 e. The standard InChI is InChI=1S/C24H30N2O7S/c27-18(13-26-19(28)14-34(31)15-8-4-3-5-9-15)25-12-17-16(10-6-1-2-7-11-20(29)30)21-23-24(33-23)22(17)32-21/h1,3-6,8-9,16-17,21-24H,2,7,10-14H2,(H,25,27)(H,26,28)(H,29,30)/b6-1-/t16-,17+,21+,22-,23-,24+,34?/m0/s1. The van der Waals surface area contributed by atoms with Gasteiger partial charge in [0.25, 0.3) is 0 Å². The second-order valence-electron chi connectivity index (χ2n) is 8.84. The van der Waals surface area contributed by atoms with Crippen molar-refractivity contribution in [2.24, 2.45) is 11.8 Å². The Labute approximate surface area is 200 Å². The molecule has 3 aliphatic rings. The van der Waals surface area contributed by atoms with Crippen molar-refractivity contribution in [3.05, 3.63) is 42.5 Å². The van der Waals surface area contributed by atoms with Crippen LogP contribution < -0.4 is 10.6 Å². The number of carbonyl (C=O) groups is 3. The number of amides is 2. The Morgan fingerprint density at radius 2 is 1.65 bits per heavy atom. The van der Waals surface area contributed by atoms with Crippen molar-refractivity contribution >= 4 is 28.6 Å². The van der Waals surface area contributed by atoms with E-state index in [0.29, 0.717) is 24.3 Å². The molecule has 3 aliphatic heterocycles. The van der Waals surface area contributed by atoms with E-state index in [1.165, 1.54) is 0 Å². The van der Waals surface area contributed by atoms with Crippen LogP contribution in [0.15, 0.2) is 47.4 Å². The molecule has 3 heterocycles. The van der Waals surface area contributed by atoms with E-state index in [9.17, 15) is 18.6 Å². The minimum Gasteiger partial charge on any atom is -0.481 e. The zero-order valence-electron chi connectivity index (χ0n) is 18.8. The fraction of sp³-hybridized carbons (Fsp3) is 0.542. The second-order valence-corrected chi connectivity index (χ2v) is 10.3. The third-order valence-electron chi connectivity index (χ3n) is 6.50. The van der Waals surface area contributed by atoms with E-state index < -0.39 is 22.7 Å². The number of aliphatic carboxylic acids is 1. The monoisotopic (exact) mass is 490 g/mol. The van der Waals surface area contributed by atoms with E-state index in [0.717, 1.165) is 6.42 Å². The number of nitrogens with one attached hydrogen (secondary N) is 2. The lowest BCUT2D eigenvalue weighted by Crippen LogP contribution is -2.44. The van der Waals surface area contributed by atoms with Crippen molar-refractivity contribution in [1.29, 1.82) is 0 Å². The maximum atomic E-state index is 12.3. The quantitative estimate of drug-likeness (QED) is 0.213. The Bertz CT molecular complexity index is 954. The highest BCUT2D eigenvalue weighted by Gasteiger charge is 2.68. The summed E-state index contributed by atoms with van der Waals surface area (Å²) in [4.78, 5) is 35.6. The average Bonchev–Trinajstić information content (AvgIpc) is 3.45. The lowest BCUT2D eigenvalue weighted by atomic mass is 9.77. The van der Waals surface area contributed by atoms with Gasteiger partial charge in [0.1, 0.15) is 18.0 Å². The van der Waals surface area contributed by atoms with E-state index >= 15 is 0 Å². The van der Waals surface area contributed by atoms with Crippen LogP contribution in [0.3, 0.4) is 0 Å². The predicted octanol–water partition coefficient (Wildman–Crippen LogP) is 1.01. The molecule has 0 radical (unpaired) electrons. The molecule has 0 spiro atoms. The molecule has 3 fully saturated rings. The topological polar surface area (TPSA) is 134 Å². The molecular formula is C24H30N2O7S. The van der Waals surface area contributed by atoms with Gasteiger partial charge >= 0.3 is 5.97 Å². The van der Waals surface area contributed by atoms with Crippen LogP contribution in [0.4, 0.5) is 0 Å². The third-order valence-corrected chi connectivity index (χ3v) is 7.83. The summed E-state index contributed by atoms with van der Waals surface area (Å²) < 4.78 is 24.0. The fourth-order valence-corrected chi connectivity index (χ4v) is 5.76. The summed E-state index contributed by atoms with van der Waals surface area (Å²) in [5.74, 6) is -1.41. The first-order valence-corrected chi connectivity index (χ1v) is 12.9. The van der Waals surface area contributed by atoms with Crippen LogP contribution >= 0.6 is 0 Å². The summed E-state index contributed by atoms with van der Waals surface area (Å²) in [5.41, 5.74) is 0. The molecule has 9 nitrogen and oxygen atoms in total. The number of hydrogen-bond acceptors (Lipinski definition) is 6. The Balaban J connectivity index is 1.19. The van der Waals surface area contributed by atoms with Crippen molar-refractivity contribution in [2.45, 2.75) is 55.0 Å². The molecule has 7 atom stereocenters. The third kappa shape index (κ3) is 6.11. The number of ether oxygens (including phenoxy) is 2. The van der Waals surface area contributed by atoms with Crippen molar-refractivity contribution < 1.29 is 33.2 Å². The van der Waals surface area contributed by atoms with Gasteiger partial charge in [-0.15, -0.1) is 0 Å². The first-order valence-electron chi connectivity index (χ1n) is 11.6. The Hall–Kier alpha value is -2.56. The molecule has 3 N–H and O–H groups in total. The minimum atomic E-state index is -1.46. The van der Waals surface area contributed by atoms with Gasteiger partial charge in [0.05, 0.1) is 29.6 Å². The summed E-state index contributed by atoms with van der Waals surface area (Å²) in [6, 6.07) is 8.72. The number of carboxylic acid groups (broad SMARTS) is 1. The fourth-order valence-electron chi connectivity index (χ4n) is 4.80. The summed E-state index contributed by atoms with van der Waals surface area (Å²) in [5, 5.41) is 14.1. The number of carboxylic acids is 1. The molecule has 0 saturated carbocycles. The van der Waals surface area contributed by atoms with Gasteiger partial charge in [-0.1, -0.05) is 30.4 Å². The van der Waals surface area contributed by atoms with Gasteiger partial charge in [-0.25, -0.2) is 0 Å². The zero-order chi connectivity index (χ0) is 24.1. The SMILES string of the molecule is O=C(O)CCC/C=C\C[C@H]1[C@@H](CNC(=O)CNC(=O)CS(=O)c2ccccc2)[C@@H]2O[C@H]1[C@@H]1O[C@@H]12. The molecule has 34 heavy (non-hydrogen) atoms. The van der Waals surface area contributed by atoms with Crippen molar-refractivity contribution in [3.63, 3.8) is 0 Å². The summed E-state index contributed by atoms with van der Waals surface area (Å²) >= 11 is 0. The van der Waals surface area contributed by atoms with Gasteiger partial charge < -0.3 is 25.2 Å². The molecule has 10 heteroatoms. The number of hydrogen-bond donors (Lipinski definition) is 3. The lowest BCUT2D eigenvalue weighted by molar-refractivity contribution is -0.137. The minimum absolute atomic E-state index is 0.0215. The zero-order valence-corrected chi connectivity index (χ0v) is 19.6. The summed E-state index contributed by atoms with van der Waals surface area (Å²) in [7, 11) is -1.46. The first-order chi connectivity index (χ1) is 16.4. The Kier molecular flexibility index (Phi) is 8.12. The van der Waals surface area contributed by atoms with Crippen molar-refractivity contribution in [3.8, 4) is 0 Å². The molecule has 184 valence electrons. The van der Waals surface area contributed by atoms with Gasteiger partial charge in [-0.2, -0.15) is 0 Å². The Morgan fingerprint density at radius 3 is 2.38 bits per heavy atom. The van der Waals surface area contributed by atoms with E-state index in [1.807, 2.05) is 12.1 Å². The van der Waals surface area contributed by atoms with Gasteiger partial charge in [-0.05, 0) is 37.3 Å². The molecule has 2 amide bonds. The van der Waals surface area contributed by atoms with Gasteiger partial charge in [-0.3, -0.25) is 18.6 Å². The molecule has 0 aliphatic carbocycles. The largest absolute Gasteiger partial charge is 0.481 e. The Morgan fingerprint density at radius 1 is 0.941 bits per heavy atom. The number of rotatable bonds is 13. The van der Waals surface area contributed by atoms with Crippen molar-refractivity contribution in [1.82, 2.24) is 10.6 Å². The van der Waals surface area contributed by atoms with Crippen LogP contribution in [-0.4, -0.2) is 70.4 Å². The van der Waals surface area contributed by atoms with E-state index in [-0.39, 0.29) is 60.9 Å². The van der Waals surface area contributed by atoms with Crippen LogP contribution in [0.25, 0.3) is 0 Å². The number of fused-ring (bicyclic) bond motifs is 5. The van der Waals surface area contributed by atoms with Gasteiger partial charge in [0.15, 0.2) is 0 Å². The molecule has 2 bridgehead atoms. The predicted molar refractivity (Wildman–Crippen MR) is 123 cm³/mol. The normalized spacial score (nSPS) is 29.5. The molecule has 1 aromatic carbocycles. The highest BCUT2D eigenvalue weighted by atomic mass is 32.2. The molecule has 1 aromatic rings. The van der Waals surface area contributed by atoms with Gasteiger partial charge in [0.2, 0.25) is 11.8 Å². The average molecular weight is 491 g/mol. The summed E-state index contributed by atoms with van der Waals surface area (Å²) in [6.07, 6.45) is 6.57. The van der Waals surface area contributed by atoms with Crippen LogP contribution in [-0.2, 0) is 34.7 Å². The maximum Gasteiger partial charge on any atom is 0.303 e. The van der Waals surface area contributed by atoms with Gasteiger partial charge in [0, 0.05) is 23.8 Å². The molecular weight excluding hydrogens is 460 g/mol. The number of allylic oxidation sites excluding steroid dienone is 2. The van der Waals surface area contributed by atoms with Crippen LogP contribution in [0.2, 0.25) is 0 Å². The molecule has 0 aromatic heterocycles. The molecule has 4 rings (SSSR count). The van der Waals surface area contributed by atoms with Crippen LogP contribution in [0.5, 0.6) is 0 Å². The number of epoxide rings is 1. The highest BCUT2D eigenvalue weighted by molar-refractivity contribution is 7.85. The first kappa shape index (κ1) is 24.6. The van der Waals surface area contributed by atoms with Crippen molar-refractivity contribution in [2.75, 3.05) is 18.8 Å². The van der Waals surface area contributed by atoms with Crippen LogP contribution in [0, 0.1) is 11.8 Å². The molecule has 3 saturated heterocycles. The van der Waals surface area contributed by atoms with Crippen LogP contribution in [0.1, 0.15) is 25.7 Å². The second kappa shape index (κ2) is 11.2. The highest BCUT2D eigenvalue weighted by Crippen LogP contribution is 2.54. The number of carbonyl (C=O) groups excluding carboxylic acids is 2.